The molecule has 0 bridgehead atoms. The minimum absolute atomic E-state index is 0. The highest BCUT2D eigenvalue weighted by molar-refractivity contribution is 6.06. The van der Waals surface area contributed by atoms with E-state index in [1.165, 1.54) is 18.5 Å². The molecule has 34 heavy (non-hydrogen) atoms. The number of nitrogens with zero attached hydrogens (tertiary/aromatic N) is 4. The second-order valence-electron chi connectivity index (χ2n) is 8.06. The predicted molar refractivity (Wildman–Crippen MR) is 133 cm³/mol. The van der Waals surface area contributed by atoms with Crippen LogP contribution in [0.5, 0.6) is 0 Å². The van der Waals surface area contributed by atoms with Crippen LogP contribution in [-0.4, -0.2) is 52.3 Å². The Morgan fingerprint density at radius 2 is 1.79 bits per heavy atom. The topological polar surface area (TPSA) is 113 Å². The first kappa shape index (κ1) is 23.9. The molecule has 0 aliphatic carbocycles. The van der Waals surface area contributed by atoms with Gasteiger partial charge in [0.1, 0.15) is 29.5 Å². The largest absolute Gasteiger partial charge is 0.437 e. The standard InChI is InChI=1S/C24H25FN6O2.ClH/c25-17-4-1-15(2-5-17)20-21-23(31-11-7-18(32)8-12-31)29-14-30-24(21)33-22(20)16-3-6-19(28-13-16)27-10-9-26;/h1-6,13-14,18,32H,7-12,26H2,(H,27,28);1H. The molecule has 8 nitrogen and oxygen atoms in total. The van der Waals surface area contributed by atoms with Gasteiger partial charge in [-0.3, -0.25) is 0 Å². The van der Waals surface area contributed by atoms with Gasteiger partial charge in [0.15, 0.2) is 0 Å². The summed E-state index contributed by atoms with van der Waals surface area (Å²) in [5, 5.41) is 13.9. The van der Waals surface area contributed by atoms with Gasteiger partial charge in [0, 0.05) is 43.5 Å². The Kier molecular flexibility index (Phi) is 7.26. The number of piperidine rings is 1. The minimum Gasteiger partial charge on any atom is -0.437 e. The number of hydrogen-bond donors (Lipinski definition) is 3. The average molecular weight is 485 g/mol. The maximum absolute atomic E-state index is 13.7. The molecule has 0 saturated carbocycles. The Balaban J connectivity index is 0.00000274. The minimum atomic E-state index is -0.313. The van der Waals surface area contributed by atoms with Gasteiger partial charge in [-0.2, -0.15) is 0 Å². The smallest absolute Gasteiger partial charge is 0.232 e. The quantitative estimate of drug-likeness (QED) is 0.378. The maximum Gasteiger partial charge on any atom is 0.232 e. The van der Waals surface area contributed by atoms with Gasteiger partial charge in [0.2, 0.25) is 5.71 Å². The zero-order valence-electron chi connectivity index (χ0n) is 18.4. The fraction of sp³-hybridized carbons (Fsp3) is 0.292. The molecule has 1 aliphatic rings. The van der Waals surface area contributed by atoms with E-state index in [4.69, 9.17) is 10.2 Å². The van der Waals surface area contributed by atoms with Gasteiger partial charge >= 0.3 is 0 Å². The Hall–Kier alpha value is -3.27. The molecule has 178 valence electrons. The Bertz CT molecular complexity index is 1240. The van der Waals surface area contributed by atoms with E-state index in [1.807, 2.05) is 12.1 Å². The molecule has 4 aromatic rings. The van der Waals surface area contributed by atoms with Crippen LogP contribution in [0.4, 0.5) is 16.0 Å². The first-order valence-corrected chi connectivity index (χ1v) is 11.0. The van der Waals surface area contributed by atoms with Crippen molar-refractivity contribution in [2.24, 2.45) is 5.73 Å². The van der Waals surface area contributed by atoms with Gasteiger partial charge in [0.25, 0.3) is 0 Å². The number of pyridine rings is 1. The number of benzene rings is 1. The van der Waals surface area contributed by atoms with Crippen LogP contribution >= 0.6 is 12.4 Å². The van der Waals surface area contributed by atoms with Crippen molar-refractivity contribution in [3.05, 3.63) is 54.7 Å². The number of hydrogen-bond acceptors (Lipinski definition) is 8. The van der Waals surface area contributed by atoms with Crippen molar-refractivity contribution in [1.82, 2.24) is 15.0 Å². The van der Waals surface area contributed by atoms with Crippen molar-refractivity contribution in [1.29, 1.82) is 0 Å². The van der Waals surface area contributed by atoms with E-state index in [-0.39, 0.29) is 24.3 Å². The van der Waals surface area contributed by atoms with E-state index in [1.54, 1.807) is 18.3 Å². The van der Waals surface area contributed by atoms with Gasteiger partial charge in [-0.1, -0.05) is 12.1 Å². The number of anilines is 2. The number of nitrogens with one attached hydrogen (secondary N) is 1. The molecule has 0 amide bonds. The Morgan fingerprint density at radius 1 is 1.06 bits per heavy atom. The molecule has 1 aromatic carbocycles. The first-order valence-electron chi connectivity index (χ1n) is 11.0. The van der Waals surface area contributed by atoms with Crippen molar-refractivity contribution >= 4 is 35.1 Å². The van der Waals surface area contributed by atoms with Crippen LogP contribution in [0.3, 0.4) is 0 Å². The number of furan rings is 1. The predicted octanol–water partition coefficient (Wildman–Crippen LogP) is 3.84. The van der Waals surface area contributed by atoms with E-state index in [0.29, 0.717) is 50.5 Å². The fourth-order valence-electron chi connectivity index (χ4n) is 4.16. The summed E-state index contributed by atoms with van der Waals surface area (Å²) in [6, 6.07) is 10.1. The summed E-state index contributed by atoms with van der Waals surface area (Å²) in [4.78, 5) is 15.6. The third kappa shape index (κ3) is 4.68. The zero-order valence-corrected chi connectivity index (χ0v) is 19.3. The second-order valence-corrected chi connectivity index (χ2v) is 8.06. The Labute approximate surface area is 202 Å². The van der Waals surface area contributed by atoms with Crippen molar-refractivity contribution in [2.45, 2.75) is 18.9 Å². The molecule has 5 rings (SSSR count). The van der Waals surface area contributed by atoms with E-state index >= 15 is 0 Å². The highest BCUT2D eigenvalue weighted by Gasteiger charge is 2.26. The lowest BCUT2D eigenvalue weighted by molar-refractivity contribution is 0.145. The highest BCUT2D eigenvalue weighted by atomic mass is 35.5. The van der Waals surface area contributed by atoms with Gasteiger partial charge in [0.05, 0.1) is 11.5 Å². The molecule has 0 unspecified atom stereocenters. The molecular formula is C24H26ClFN6O2. The molecule has 1 saturated heterocycles. The van der Waals surface area contributed by atoms with Crippen LogP contribution < -0.4 is 16.0 Å². The summed E-state index contributed by atoms with van der Waals surface area (Å²) >= 11 is 0. The number of rotatable bonds is 6. The molecule has 0 spiro atoms. The molecule has 1 fully saturated rings. The molecule has 4 N–H and O–H groups in total. The molecule has 0 radical (unpaired) electrons. The third-order valence-corrected chi connectivity index (χ3v) is 5.84. The summed E-state index contributed by atoms with van der Waals surface area (Å²) in [6.45, 7) is 2.50. The highest BCUT2D eigenvalue weighted by Crippen LogP contribution is 2.43. The number of halogens is 2. The number of aromatic nitrogens is 3. The van der Waals surface area contributed by atoms with Crippen LogP contribution in [0, 0.1) is 5.82 Å². The average Bonchev–Trinajstić information content (AvgIpc) is 3.24. The summed E-state index contributed by atoms with van der Waals surface area (Å²) in [5.74, 6) is 1.74. The van der Waals surface area contributed by atoms with Crippen molar-refractivity contribution < 1.29 is 13.9 Å². The molecule has 10 heteroatoms. The van der Waals surface area contributed by atoms with Crippen LogP contribution in [0.15, 0.2) is 53.3 Å². The molecular weight excluding hydrogens is 459 g/mol. The monoisotopic (exact) mass is 484 g/mol. The summed E-state index contributed by atoms with van der Waals surface area (Å²) in [5.41, 5.74) is 8.36. The Morgan fingerprint density at radius 3 is 2.47 bits per heavy atom. The van der Waals surface area contributed by atoms with Crippen LogP contribution in [0.2, 0.25) is 0 Å². The van der Waals surface area contributed by atoms with E-state index in [9.17, 15) is 9.50 Å². The fourth-order valence-corrected chi connectivity index (χ4v) is 4.16. The van der Waals surface area contributed by atoms with E-state index in [0.717, 1.165) is 33.7 Å². The lowest BCUT2D eigenvalue weighted by Crippen LogP contribution is -2.36. The second kappa shape index (κ2) is 10.3. The van der Waals surface area contributed by atoms with Crippen LogP contribution in [0.25, 0.3) is 33.6 Å². The SMILES string of the molecule is Cl.NCCNc1ccc(-c2oc3ncnc(N4CCC(O)CC4)c3c2-c2ccc(F)cc2)cn1. The summed E-state index contributed by atoms with van der Waals surface area (Å²) in [7, 11) is 0. The molecule has 1 aliphatic heterocycles. The van der Waals surface area contributed by atoms with E-state index in [2.05, 4.69) is 25.2 Å². The molecule has 0 atom stereocenters. The number of nitrogens with two attached hydrogens (primary N) is 1. The lowest BCUT2D eigenvalue weighted by Gasteiger charge is -2.30. The number of fused-ring (bicyclic) bond motifs is 1. The van der Waals surface area contributed by atoms with Crippen molar-refractivity contribution in [3.63, 3.8) is 0 Å². The number of aliphatic hydroxyl groups excluding tert-OH is 1. The zero-order chi connectivity index (χ0) is 22.8. The van der Waals surface area contributed by atoms with Gasteiger partial charge in [-0.25, -0.2) is 19.3 Å². The molecule has 3 aromatic heterocycles. The van der Waals surface area contributed by atoms with Crippen molar-refractivity contribution in [2.75, 3.05) is 36.4 Å². The summed E-state index contributed by atoms with van der Waals surface area (Å²) in [6.07, 6.45) is 4.26. The molecule has 4 heterocycles. The van der Waals surface area contributed by atoms with Gasteiger partial charge < -0.3 is 25.5 Å². The number of aliphatic hydroxyl groups is 1. The van der Waals surface area contributed by atoms with Crippen molar-refractivity contribution in [3.8, 4) is 22.5 Å². The lowest BCUT2D eigenvalue weighted by atomic mass is 9.99. The van der Waals surface area contributed by atoms with Crippen LogP contribution in [-0.2, 0) is 0 Å². The first-order chi connectivity index (χ1) is 16.1. The van der Waals surface area contributed by atoms with Gasteiger partial charge in [-0.05, 0) is 42.7 Å². The van der Waals surface area contributed by atoms with Crippen LogP contribution in [0.1, 0.15) is 12.8 Å². The van der Waals surface area contributed by atoms with Gasteiger partial charge in [-0.15, -0.1) is 12.4 Å². The third-order valence-electron chi connectivity index (χ3n) is 5.84. The maximum atomic E-state index is 13.7. The normalized spacial score (nSPS) is 14.3. The van der Waals surface area contributed by atoms with E-state index < -0.39 is 0 Å². The summed E-state index contributed by atoms with van der Waals surface area (Å²) < 4.78 is 20.0.